The maximum absolute atomic E-state index is 6.12. The molecule has 1 saturated heterocycles. The minimum atomic E-state index is 0.0979. The van der Waals surface area contributed by atoms with Gasteiger partial charge in [0.2, 0.25) is 5.88 Å². The summed E-state index contributed by atoms with van der Waals surface area (Å²) in [7, 11) is 2.16. The van der Waals surface area contributed by atoms with Gasteiger partial charge in [-0.15, -0.1) is 0 Å². The number of rotatable bonds is 4. The van der Waals surface area contributed by atoms with Crippen molar-refractivity contribution in [1.29, 1.82) is 0 Å². The lowest BCUT2D eigenvalue weighted by Gasteiger charge is -2.29. The number of pyridine rings is 1. The summed E-state index contributed by atoms with van der Waals surface area (Å²) in [4.78, 5) is 6.76. The Morgan fingerprint density at radius 2 is 2.05 bits per heavy atom. The molecule has 20 heavy (non-hydrogen) atoms. The molecule has 0 bridgehead atoms. The van der Waals surface area contributed by atoms with E-state index in [2.05, 4.69) is 49.1 Å². The Morgan fingerprint density at radius 3 is 2.70 bits per heavy atom. The largest absolute Gasteiger partial charge is 0.474 e. The highest BCUT2D eigenvalue weighted by Gasteiger charge is 2.20. The highest BCUT2D eigenvalue weighted by atomic mass is 16.5. The molecular formula is C16H27N3O. The van der Waals surface area contributed by atoms with Gasteiger partial charge in [-0.2, -0.15) is 0 Å². The summed E-state index contributed by atoms with van der Waals surface area (Å²) in [6.07, 6.45) is 4.28. The van der Waals surface area contributed by atoms with Crippen LogP contribution in [0.25, 0.3) is 0 Å². The van der Waals surface area contributed by atoms with Gasteiger partial charge in [-0.1, -0.05) is 6.07 Å². The highest BCUT2D eigenvalue weighted by molar-refractivity contribution is 5.25. The summed E-state index contributed by atoms with van der Waals surface area (Å²) in [6.45, 7) is 9.50. The molecule has 1 aliphatic rings. The quantitative estimate of drug-likeness (QED) is 0.917. The number of nitrogens with one attached hydrogen (secondary N) is 1. The second-order valence-electron chi connectivity index (χ2n) is 6.69. The van der Waals surface area contributed by atoms with Crippen LogP contribution in [-0.2, 0) is 6.54 Å². The number of nitrogens with zero attached hydrogens (tertiary/aromatic N) is 2. The molecule has 1 fully saturated rings. The second kappa shape index (κ2) is 6.55. The molecule has 2 heterocycles. The lowest BCUT2D eigenvalue weighted by Crippen LogP contribution is -2.37. The van der Waals surface area contributed by atoms with Gasteiger partial charge in [0.25, 0.3) is 0 Å². The molecule has 1 aromatic heterocycles. The van der Waals surface area contributed by atoms with E-state index in [1.807, 2.05) is 12.3 Å². The third-order valence-corrected chi connectivity index (χ3v) is 3.60. The minimum Gasteiger partial charge on any atom is -0.474 e. The van der Waals surface area contributed by atoms with Crippen LogP contribution in [0.4, 0.5) is 0 Å². The zero-order valence-corrected chi connectivity index (χ0v) is 13.1. The van der Waals surface area contributed by atoms with Crippen molar-refractivity contribution in [2.45, 2.75) is 51.8 Å². The van der Waals surface area contributed by atoms with Crippen LogP contribution in [0.15, 0.2) is 18.3 Å². The van der Waals surface area contributed by atoms with E-state index in [9.17, 15) is 0 Å². The topological polar surface area (TPSA) is 37.4 Å². The van der Waals surface area contributed by atoms with Gasteiger partial charge in [0.1, 0.15) is 6.10 Å². The van der Waals surface area contributed by atoms with Crippen molar-refractivity contribution in [3.05, 3.63) is 23.9 Å². The Bertz CT molecular complexity index is 420. The predicted molar refractivity (Wildman–Crippen MR) is 82.0 cm³/mol. The third-order valence-electron chi connectivity index (χ3n) is 3.60. The van der Waals surface area contributed by atoms with E-state index in [0.717, 1.165) is 43.9 Å². The van der Waals surface area contributed by atoms with Crippen molar-refractivity contribution in [3.63, 3.8) is 0 Å². The Kier molecular flexibility index (Phi) is 5.00. The van der Waals surface area contributed by atoms with Gasteiger partial charge in [-0.25, -0.2) is 4.98 Å². The van der Waals surface area contributed by atoms with Crippen LogP contribution < -0.4 is 10.1 Å². The fourth-order valence-electron chi connectivity index (χ4n) is 2.29. The normalized spacial score (nSPS) is 18.2. The first kappa shape index (κ1) is 15.3. The molecule has 0 amide bonds. The highest BCUT2D eigenvalue weighted by Crippen LogP contribution is 2.20. The number of piperidine rings is 1. The fourth-order valence-corrected chi connectivity index (χ4v) is 2.29. The van der Waals surface area contributed by atoms with Crippen molar-refractivity contribution >= 4 is 0 Å². The molecule has 4 nitrogen and oxygen atoms in total. The van der Waals surface area contributed by atoms with Crippen LogP contribution in [0, 0.1) is 0 Å². The van der Waals surface area contributed by atoms with Gasteiger partial charge in [0.15, 0.2) is 0 Å². The molecule has 0 atom stereocenters. The fraction of sp³-hybridized carbons (Fsp3) is 0.688. The Morgan fingerprint density at radius 1 is 1.35 bits per heavy atom. The molecule has 112 valence electrons. The molecule has 1 aromatic rings. The molecule has 0 saturated carbocycles. The van der Waals surface area contributed by atoms with Crippen molar-refractivity contribution in [3.8, 4) is 5.88 Å². The number of ether oxygens (including phenoxy) is 1. The van der Waals surface area contributed by atoms with Gasteiger partial charge in [0.05, 0.1) is 0 Å². The first-order valence-corrected chi connectivity index (χ1v) is 7.48. The van der Waals surface area contributed by atoms with E-state index in [1.54, 1.807) is 0 Å². The van der Waals surface area contributed by atoms with Crippen LogP contribution in [0.5, 0.6) is 5.88 Å². The van der Waals surface area contributed by atoms with E-state index < -0.39 is 0 Å². The molecule has 0 radical (unpaired) electrons. The Labute approximate surface area is 122 Å². The van der Waals surface area contributed by atoms with E-state index in [-0.39, 0.29) is 5.54 Å². The molecule has 1 aliphatic heterocycles. The van der Waals surface area contributed by atoms with Crippen molar-refractivity contribution in [2.24, 2.45) is 0 Å². The summed E-state index contributed by atoms with van der Waals surface area (Å²) >= 11 is 0. The molecule has 0 aliphatic carbocycles. The summed E-state index contributed by atoms with van der Waals surface area (Å²) in [6, 6.07) is 4.07. The van der Waals surface area contributed by atoms with E-state index >= 15 is 0 Å². The third kappa shape index (κ3) is 4.76. The Hall–Kier alpha value is -1.13. The number of likely N-dealkylation sites (tertiary alicyclic amines) is 1. The first-order valence-electron chi connectivity index (χ1n) is 7.48. The summed E-state index contributed by atoms with van der Waals surface area (Å²) < 4.78 is 6.12. The molecule has 0 aromatic carbocycles. The molecule has 2 rings (SSSR count). The average molecular weight is 277 g/mol. The van der Waals surface area contributed by atoms with Crippen LogP contribution in [0.2, 0.25) is 0 Å². The first-order chi connectivity index (χ1) is 9.44. The lowest BCUT2D eigenvalue weighted by atomic mass is 10.1. The molecule has 0 spiro atoms. The summed E-state index contributed by atoms with van der Waals surface area (Å²) in [5.41, 5.74) is 1.24. The zero-order chi connectivity index (χ0) is 14.6. The molecule has 0 unspecified atom stereocenters. The van der Waals surface area contributed by atoms with Crippen LogP contribution in [0.1, 0.15) is 39.2 Å². The van der Waals surface area contributed by atoms with Gasteiger partial charge in [-0.3, -0.25) is 0 Å². The maximum Gasteiger partial charge on any atom is 0.218 e. The Balaban J connectivity index is 1.97. The molecular weight excluding hydrogens is 250 g/mol. The van der Waals surface area contributed by atoms with Gasteiger partial charge in [-0.05, 0) is 46.7 Å². The monoisotopic (exact) mass is 277 g/mol. The zero-order valence-electron chi connectivity index (χ0n) is 13.1. The standard InChI is InChI=1S/C16H27N3O/c1-16(2,3)18-12-13-6-5-9-17-15(13)20-14-7-10-19(4)11-8-14/h5-6,9,14,18H,7-8,10-12H2,1-4H3. The van der Waals surface area contributed by atoms with E-state index in [4.69, 9.17) is 4.74 Å². The second-order valence-corrected chi connectivity index (χ2v) is 6.69. The minimum absolute atomic E-state index is 0.0979. The summed E-state index contributed by atoms with van der Waals surface area (Å²) in [5, 5.41) is 3.49. The van der Waals surface area contributed by atoms with Crippen LogP contribution >= 0.6 is 0 Å². The summed E-state index contributed by atoms with van der Waals surface area (Å²) in [5.74, 6) is 0.791. The maximum atomic E-state index is 6.12. The number of hydrogen-bond acceptors (Lipinski definition) is 4. The average Bonchev–Trinajstić information content (AvgIpc) is 2.39. The smallest absolute Gasteiger partial charge is 0.218 e. The van der Waals surface area contributed by atoms with Crippen molar-refractivity contribution in [2.75, 3.05) is 20.1 Å². The van der Waals surface area contributed by atoms with E-state index in [0.29, 0.717) is 6.10 Å². The van der Waals surface area contributed by atoms with Gasteiger partial charge in [0, 0.05) is 36.9 Å². The lowest BCUT2D eigenvalue weighted by molar-refractivity contribution is 0.108. The van der Waals surface area contributed by atoms with Crippen molar-refractivity contribution < 1.29 is 4.74 Å². The van der Waals surface area contributed by atoms with Gasteiger partial charge >= 0.3 is 0 Å². The number of aromatic nitrogens is 1. The predicted octanol–water partition coefficient (Wildman–Crippen LogP) is 2.44. The van der Waals surface area contributed by atoms with Crippen molar-refractivity contribution in [1.82, 2.24) is 15.2 Å². The number of hydrogen-bond donors (Lipinski definition) is 1. The molecule has 4 heteroatoms. The molecule has 1 N–H and O–H groups in total. The van der Waals surface area contributed by atoms with Gasteiger partial charge < -0.3 is 15.0 Å². The SMILES string of the molecule is CN1CCC(Oc2ncccc2CNC(C)(C)C)CC1. The van der Waals surface area contributed by atoms with E-state index in [1.165, 1.54) is 0 Å². The van der Waals surface area contributed by atoms with Crippen LogP contribution in [-0.4, -0.2) is 41.7 Å². The van der Waals surface area contributed by atoms with Crippen LogP contribution in [0.3, 0.4) is 0 Å².